The second-order valence-corrected chi connectivity index (χ2v) is 7.58. The summed E-state index contributed by atoms with van der Waals surface area (Å²) in [4.78, 5) is 25.2. The van der Waals surface area contributed by atoms with Crippen LogP contribution in [0.25, 0.3) is 22.1 Å². The molecule has 1 amide bonds. The fourth-order valence-electron chi connectivity index (χ4n) is 3.46. The molecule has 5 heteroatoms. The van der Waals surface area contributed by atoms with Crippen LogP contribution in [0.1, 0.15) is 25.3 Å². The summed E-state index contributed by atoms with van der Waals surface area (Å²) in [6.45, 7) is 4.01. The first-order chi connectivity index (χ1) is 15.0. The van der Waals surface area contributed by atoms with E-state index in [9.17, 15) is 9.59 Å². The average molecular weight is 413 g/mol. The van der Waals surface area contributed by atoms with Crippen molar-refractivity contribution in [2.75, 3.05) is 11.9 Å². The lowest BCUT2D eigenvalue weighted by Crippen LogP contribution is -2.21. The third-order valence-electron chi connectivity index (χ3n) is 5.06. The minimum Gasteiger partial charge on any atom is -0.484 e. The number of anilines is 1. The molecule has 0 spiro atoms. The largest absolute Gasteiger partial charge is 0.484 e. The third kappa shape index (κ3) is 4.51. The van der Waals surface area contributed by atoms with Crippen molar-refractivity contribution in [3.05, 3.63) is 94.8 Å². The van der Waals surface area contributed by atoms with Gasteiger partial charge in [-0.05, 0) is 35.2 Å². The summed E-state index contributed by atoms with van der Waals surface area (Å²) >= 11 is 0. The van der Waals surface area contributed by atoms with E-state index >= 15 is 0 Å². The molecule has 156 valence electrons. The molecule has 31 heavy (non-hydrogen) atoms. The van der Waals surface area contributed by atoms with E-state index in [1.54, 1.807) is 18.2 Å². The van der Waals surface area contributed by atoms with Gasteiger partial charge in [-0.25, -0.2) is 0 Å². The van der Waals surface area contributed by atoms with Crippen LogP contribution in [0, 0.1) is 0 Å². The van der Waals surface area contributed by atoms with Gasteiger partial charge < -0.3 is 14.5 Å². The molecule has 1 heterocycles. The van der Waals surface area contributed by atoms with Crippen LogP contribution in [0.4, 0.5) is 5.69 Å². The maximum atomic E-state index is 12.8. The Labute approximate surface area is 180 Å². The van der Waals surface area contributed by atoms with Crippen molar-refractivity contribution >= 4 is 22.6 Å². The van der Waals surface area contributed by atoms with Gasteiger partial charge in [0.15, 0.2) is 12.0 Å². The highest BCUT2D eigenvalue weighted by molar-refractivity contribution is 5.92. The summed E-state index contributed by atoms with van der Waals surface area (Å²) in [7, 11) is 0. The molecule has 0 atom stereocenters. The standard InChI is InChI=1S/C26H23NO4/c1-17(2)20-10-6-7-11-23(20)27-25(28)16-30-19-12-13-21-24(14-19)31-15-22(26(21)29)18-8-4-3-5-9-18/h3-15,17H,16H2,1-2H3,(H,27,28). The molecule has 0 unspecified atom stereocenters. The highest BCUT2D eigenvalue weighted by Gasteiger charge is 2.12. The second kappa shape index (κ2) is 8.88. The minimum absolute atomic E-state index is 0.109. The molecule has 5 nitrogen and oxygen atoms in total. The molecule has 4 aromatic rings. The number of rotatable bonds is 6. The Balaban J connectivity index is 1.48. The number of carbonyl (C=O) groups is 1. The molecule has 4 rings (SSSR count). The number of fused-ring (bicyclic) bond motifs is 1. The number of carbonyl (C=O) groups excluding carboxylic acids is 1. The average Bonchev–Trinajstić information content (AvgIpc) is 2.79. The molecule has 1 aromatic heterocycles. The molecule has 0 saturated heterocycles. The number of nitrogens with one attached hydrogen (secondary N) is 1. The summed E-state index contributed by atoms with van der Waals surface area (Å²) in [5, 5.41) is 3.36. The molecule has 0 saturated carbocycles. The van der Waals surface area contributed by atoms with Gasteiger partial charge in [-0.2, -0.15) is 0 Å². The summed E-state index contributed by atoms with van der Waals surface area (Å²) in [5.41, 5.74) is 3.46. The predicted octanol–water partition coefficient (Wildman–Crippen LogP) is 5.60. The van der Waals surface area contributed by atoms with Gasteiger partial charge in [-0.1, -0.05) is 62.4 Å². The zero-order valence-electron chi connectivity index (χ0n) is 17.4. The van der Waals surface area contributed by atoms with Crippen LogP contribution in [0.2, 0.25) is 0 Å². The normalized spacial score (nSPS) is 10.9. The highest BCUT2D eigenvalue weighted by Crippen LogP contribution is 2.25. The van der Waals surface area contributed by atoms with E-state index in [0.717, 1.165) is 16.8 Å². The van der Waals surface area contributed by atoms with Gasteiger partial charge in [0.05, 0.1) is 10.9 Å². The second-order valence-electron chi connectivity index (χ2n) is 7.58. The van der Waals surface area contributed by atoms with Crippen LogP contribution in [0.5, 0.6) is 5.75 Å². The Bertz CT molecular complexity index is 1280. The van der Waals surface area contributed by atoms with Gasteiger partial charge in [-0.15, -0.1) is 0 Å². The Morgan fingerprint density at radius 3 is 2.52 bits per heavy atom. The zero-order valence-corrected chi connectivity index (χ0v) is 17.4. The van der Waals surface area contributed by atoms with Gasteiger partial charge in [0.2, 0.25) is 0 Å². The summed E-state index contributed by atoms with van der Waals surface area (Å²) in [6.07, 6.45) is 1.46. The van der Waals surface area contributed by atoms with Crippen molar-refractivity contribution in [3.63, 3.8) is 0 Å². The van der Waals surface area contributed by atoms with Gasteiger partial charge in [0, 0.05) is 11.8 Å². The molecular weight excluding hydrogens is 390 g/mol. The van der Waals surface area contributed by atoms with Crippen molar-refractivity contribution in [2.45, 2.75) is 19.8 Å². The van der Waals surface area contributed by atoms with Gasteiger partial charge in [0.25, 0.3) is 5.91 Å². The Morgan fingerprint density at radius 2 is 1.74 bits per heavy atom. The monoisotopic (exact) mass is 413 g/mol. The van der Waals surface area contributed by atoms with Gasteiger partial charge in [-0.3, -0.25) is 9.59 Å². The van der Waals surface area contributed by atoms with Crippen molar-refractivity contribution in [1.29, 1.82) is 0 Å². The molecule has 0 aliphatic carbocycles. The van der Waals surface area contributed by atoms with E-state index < -0.39 is 0 Å². The van der Waals surface area contributed by atoms with Crippen LogP contribution in [0.15, 0.2) is 88.3 Å². The number of para-hydroxylation sites is 1. The molecule has 0 bridgehead atoms. The van der Waals surface area contributed by atoms with E-state index in [4.69, 9.17) is 9.15 Å². The molecular formula is C26H23NO4. The topological polar surface area (TPSA) is 68.5 Å². The van der Waals surface area contributed by atoms with Crippen molar-refractivity contribution in [2.24, 2.45) is 0 Å². The van der Waals surface area contributed by atoms with Gasteiger partial charge >= 0.3 is 0 Å². The molecule has 0 radical (unpaired) electrons. The lowest BCUT2D eigenvalue weighted by atomic mass is 10.0. The van der Waals surface area contributed by atoms with Crippen molar-refractivity contribution in [3.8, 4) is 16.9 Å². The summed E-state index contributed by atoms with van der Waals surface area (Å²) < 4.78 is 11.3. The molecule has 1 N–H and O–H groups in total. The molecule has 0 fully saturated rings. The molecule has 0 aliphatic rings. The van der Waals surface area contributed by atoms with E-state index in [1.165, 1.54) is 6.26 Å². The van der Waals surface area contributed by atoms with Crippen LogP contribution in [-0.2, 0) is 4.79 Å². The first kappa shape index (κ1) is 20.4. The first-order valence-corrected chi connectivity index (χ1v) is 10.2. The number of hydrogen-bond acceptors (Lipinski definition) is 4. The van der Waals surface area contributed by atoms with Gasteiger partial charge in [0.1, 0.15) is 17.6 Å². The Kier molecular flexibility index (Phi) is 5.85. The predicted molar refractivity (Wildman–Crippen MR) is 123 cm³/mol. The highest BCUT2D eigenvalue weighted by atomic mass is 16.5. The number of amides is 1. The van der Waals surface area contributed by atoms with E-state index in [2.05, 4.69) is 19.2 Å². The van der Waals surface area contributed by atoms with Crippen LogP contribution in [0.3, 0.4) is 0 Å². The fourth-order valence-corrected chi connectivity index (χ4v) is 3.46. The maximum Gasteiger partial charge on any atom is 0.262 e. The third-order valence-corrected chi connectivity index (χ3v) is 5.06. The SMILES string of the molecule is CC(C)c1ccccc1NC(=O)COc1ccc2c(=O)c(-c3ccccc3)coc2c1. The van der Waals surface area contributed by atoms with Crippen molar-refractivity contribution in [1.82, 2.24) is 0 Å². The maximum absolute atomic E-state index is 12.8. The lowest BCUT2D eigenvalue weighted by Gasteiger charge is -2.14. The number of ether oxygens (including phenoxy) is 1. The quantitative estimate of drug-likeness (QED) is 0.447. The van der Waals surface area contributed by atoms with E-state index in [-0.39, 0.29) is 17.9 Å². The van der Waals surface area contributed by atoms with Crippen LogP contribution >= 0.6 is 0 Å². The first-order valence-electron chi connectivity index (χ1n) is 10.2. The van der Waals surface area contributed by atoms with E-state index in [1.807, 2.05) is 54.6 Å². The van der Waals surface area contributed by atoms with Crippen LogP contribution < -0.4 is 15.5 Å². The minimum atomic E-state index is -0.255. The van der Waals surface area contributed by atoms with Crippen LogP contribution in [-0.4, -0.2) is 12.5 Å². The zero-order chi connectivity index (χ0) is 21.8. The summed E-state index contributed by atoms with van der Waals surface area (Å²) in [6, 6.07) is 22.0. The molecule has 3 aromatic carbocycles. The number of hydrogen-bond donors (Lipinski definition) is 1. The number of benzene rings is 3. The summed E-state index contributed by atoms with van der Waals surface area (Å²) in [5.74, 6) is 0.492. The molecule has 0 aliphatic heterocycles. The Hall–Kier alpha value is -3.86. The smallest absolute Gasteiger partial charge is 0.262 e. The lowest BCUT2D eigenvalue weighted by molar-refractivity contribution is -0.118. The fraction of sp³-hybridized carbons (Fsp3) is 0.154. The van der Waals surface area contributed by atoms with Crippen molar-refractivity contribution < 1.29 is 13.9 Å². The van der Waals surface area contributed by atoms with E-state index in [0.29, 0.717) is 28.2 Å². The Morgan fingerprint density at radius 1 is 1.00 bits per heavy atom.